The number of nitrogens with one attached hydrogen (secondary N) is 2. The fourth-order valence-corrected chi connectivity index (χ4v) is 4.68. The van der Waals surface area contributed by atoms with Crippen LogP contribution in [0.25, 0.3) is 0 Å². The lowest BCUT2D eigenvalue weighted by molar-refractivity contribution is -0.0444. The predicted octanol–water partition coefficient (Wildman–Crippen LogP) is 3.95. The van der Waals surface area contributed by atoms with E-state index in [1.54, 1.807) is 0 Å². The summed E-state index contributed by atoms with van der Waals surface area (Å²) in [5.74, 6) is 1.52. The van der Waals surface area contributed by atoms with Crippen molar-refractivity contribution in [3.8, 4) is 0 Å². The molecule has 0 bridgehead atoms. The monoisotopic (exact) mass is 397 g/mol. The first kappa shape index (κ1) is 20.3. The molecule has 0 aromatic rings. The predicted molar refractivity (Wildman–Crippen MR) is 117 cm³/mol. The second kappa shape index (κ2) is 9.23. The van der Waals surface area contributed by atoms with E-state index in [1.165, 1.54) is 28.4 Å². The first-order valence-corrected chi connectivity index (χ1v) is 11.1. The van der Waals surface area contributed by atoms with Crippen molar-refractivity contribution in [2.45, 2.75) is 52.1 Å². The topological polar surface area (TPSA) is 45.8 Å². The summed E-state index contributed by atoms with van der Waals surface area (Å²) in [6.07, 6.45) is 14.3. The van der Waals surface area contributed by atoms with Gasteiger partial charge in [0.1, 0.15) is 18.5 Å². The van der Waals surface area contributed by atoms with Crippen molar-refractivity contribution in [2.75, 3.05) is 33.4 Å². The molecule has 5 nitrogen and oxygen atoms in total. The summed E-state index contributed by atoms with van der Waals surface area (Å²) in [4.78, 5) is 2.44. The summed E-state index contributed by atoms with van der Waals surface area (Å²) in [5.41, 5.74) is 6.91. The number of ether oxygens (including phenoxy) is 2. The molecule has 0 saturated carbocycles. The molecule has 2 unspecified atom stereocenters. The van der Waals surface area contributed by atoms with Gasteiger partial charge in [0, 0.05) is 49.3 Å². The molecule has 29 heavy (non-hydrogen) atoms. The highest BCUT2D eigenvalue weighted by Gasteiger charge is 2.24. The lowest BCUT2D eigenvalue weighted by atomic mass is 9.99. The highest BCUT2D eigenvalue weighted by molar-refractivity contribution is 5.29. The molecule has 5 heteroatoms. The normalized spacial score (nSPS) is 28.0. The molecule has 2 heterocycles. The standard InChI is InChI=1S/C24H35N3O2/c1-17-4-5-19(6-9-21(17)27(3)22-12-13-25-16-18(22)2)26-20-7-10-23-24(11-8-20)29-15-14-28-23/h6-7,9-10,17,24-26H,4-5,8,11-16H2,1-3H3. The Bertz CT molecular complexity index is 775. The summed E-state index contributed by atoms with van der Waals surface area (Å²) in [6.45, 7) is 8.03. The van der Waals surface area contributed by atoms with Gasteiger partial charge < -0.3 is 25.0 Å². The maximum atomic E-state index is 5.85. The fourth-order valence-electron chi connectivity index (χ4n) is 4.68. The van der Waals surface area contributed by atoms with E-state index in [0.29, 0.717) is 19.1 Å². The van der Waals surface area contributed by atoms with Gasteiger partial charge in [-0.15, -0.1) is 0 Å². The van der Waals surface area contributed by atoms with E-state index < -0.39 is 0 Å². The molecule has 2 atom stereocenters. The molecule has 0 amide bonds. The van der Waals surface area contributed by atoms with Gasteiger partial charge in [-0.2, -0.15) is 0 Å². The van der Waals surface area contributed by atoms with Crippen molar-refractivity contribution in [2.24, 2.45) is 5.92 Å². The summed E-state index contributed by atoms with van der Waals surface area (Å²) in [7, 11) is 2.24. The Labute approximate surface area is 175 Å². The third-order valence-electron chi connectivity index (χ3n) is 6.45. The van der Waals surface area contributed by atoms with Gasteiger partial charge >= 0.3 is 0 Å². The van der Waals surface area contributed by atoms with Crippen molar-refractivity contribution >= 4 is 0 Å². The maximum absolute atomic E-state index is 5.85. The van der Waals surface area contributed by atoms with Gasteiger partial charge in [-0.25, -0.2) is 0 Å². The molecule has 4 rings (SSSR count). The van der Waals surface area contributed by atoms with Crippen molar-refractivity contribution in [3.63, 3.8) is 0 Å². The molecule has 1 fully saturated rings. The lowest BCUT2D eigenvalue weighted by Gasteiger charge is -2.32. The van der Waals surface area contributed by atoms with Gasteiger partial charge in [-0.3, -0.25) is 0 Å². The molecule has 0 spiro atoms. The number of fused-ring (bicyclic) bond motifs is 1. The van der Waals surface area contributed by atoms with Crippen molar-refractivity contribution in [1.29, 1.82) is 0 Å². The van der Waals surface area contributed by atoms with E-state index in [0.717, 1.165) is 51.0 Å². The Hall–Kier alpha value is -1.98. The van der Waals surface area contributed by atoms with Crippen LogP contribution < -0.4 is 10.6 Å². The van der Waals surface area contributed by atoms with E-state index >= 15 is 0 Å². The molecule has 0 aromatic heterocycles. The van der Waals surface area contributed by atoms with Crippen molar-refractivity contribution < 1.29 is 9.47 Å². The van der Waals surface area contributed by atoms with Crippen molar-refractivity contribution in [1.82, 2.24) is 15.5 Å². The highest BCUT2D eigenvalue weighted by atomic mass is 16.6. The minimum Gasteiger partial charge on any atom is -0.493 e. The minimum atomic E-state index is 0.115. The zero-order valence-corrected chi connectivity index (χ0v) is 18.1. The van der Waals surface area contributed by atoms with Gasteiger partial charge in [0.2, 0.25) is 0 Å². The highest BCUT2D eigenvalue weighted by Crippen LogP contribution is 2.30. The summed E-state index contributed by atoms with van der Waals surface area (Å²) in [5, 5.41) is 7.16. The summed E-state index contributed by atoms with van der Waals surface area (Å²) in [6, 6.07) is 0. The maximum Gasteiger partial charge on any atom is 0.125 e. The lowest BCUT2D eigenvalue weighted by Crippen LogP contribution is -2.31. The zero-order chi connectivity index (χ0) is 20.2. The Morgan fingerprint density at radius 3 is 2.66 bits per heavy atom. The van der Waals surface area contributed by atoms with Crippen LogP contribution in [0.4, 0.5) is 0 Å². The molecule has 158 valence electrons. The largest absolute Gasteiger partial charge is 0.493 e. The first-order valence-electron chi connectivity index (χ1n) is 11.1. The molecule has 4 aliphatic rings. The second-order valence-electron chi connectivity index (χ2n) is 8.57. The van der Waals surface area contributed by atoms with Crippen LogP contribution in [0.3, 0.4) is 0 Å². The molecule has 1 saturated heterocycles. The molecular weight excluding hydrogens is 362 g/mol. The van der Waals surface area contributed by atoms with E-state index in [2.05, 4.69) is 60.7 Å². The Kier molecular flexibility index (Phi) is 6.46. The van der Waals surface area contributed by atoms with Crippen LogP contribution in [0.5, 0.6) is 0 Å². The van der Waals surface area contributed by atoms with Gasteiger partial charge in [-0.05, 0) is 68.4 Å². The van der Waals surface area contributed by atoms with Crippen LogP contribution in [-0.2, 0) is 9.47 Å². The first-order chi connectivity index (χ1) is 14.1. The number of nitrogens with zero attached hydrogens (tertiary/aromatic N) is 1. The quantitative estimate of drug-likeness (QED) is 0.752. The Balaban J connectivity index is 1.46. The van der Waals surface area contributed by atoms with Gasteiger partial charge in [0.15, 0.2) is 0 Å². The van der Waals surface area contributed by atoms with Crippen LogP contribution in [0.2, 0.25) is 0 Å². The van der Waals surface area contributed by atoms with Crippen LogP contribution in [0.15, 0.2) is 58.4 Å². The van der Waals surface area contributed by atoms with E-state index in [-0.39, 0.29) is 6.10 Å². The van der Waals surface area contributed by atoms with Crippen molar-refractivity contribution in [3.05, 3.63) is 58.4 Å². The zero-order valence-electron chi connectivity index (χ0n) is 18.1. The average Bonchev–Trinajstić information content (AvgIpc) is 3.05. The SMILES string of the molecule is CC1=C(N(C)C2=CC=C(NC3=CC=C4OCCOC4CC3)CCC2C)CCNC1. The van der Waals surface area contributed by atoms with E-state index in [9.17, 15) is 0 Å². The van der Waals surface area contributed by atoms with Gasteiger partial charge in [-0.1, -0.05) is 6.92 Å². The smallest absolute Gasteiger partial charge is 0.125 e. The van der Waals surface area contributed by atoms with E-state index in [4.69, 9.17) is 9.47 Å². The summed E-state index contributed by atoms with van der Waals surface area (Å²) >= 11 is 0. The van der Waals surface area contributed by atoms with E-state index in [1.807, 2.05) is 0 Å². The fraction of sp³-hybridized carbons (Fsp3) is 0.583. The number of rotatable bonds is 4. The number of hydrogen-bond acceptors (Lipinski definition) is 5. The van der Waals surface area contributed by atoms with Crippen LogP contribution >= 0.6 is 0 Å². The van der Waals surface area contributed by atoms with Gasteiger partial charge in [0.05, 0.1) is 6.61 Å². The molecule has 0 radical (unpaired) electrons. The molecule has 2 N–H and O–H groups in total. The number of hydrogen-bond donors (Lipinski definition) is 2. The second-order valence-corrected chi connectivity index (χ2v) is 8.57. The van der Waals surface area contributed by atoms with Crippen LogP contribution in [-0.4, -0.2) is 44.4 Å². The third-order valence-corrected chi connectivity index (χ3v) is 6.45. The summed E-state index contributed by atoms with van der Waals surface area (Å²) < 4.78 is 11.6. The van der Waals surface area contributed by atoms with Crippen LogP contribution in [0.1, 0.15) is 46.0 Å². The third kappa shape index (κ3) is 4.78. The van der Waals surface area contributed by atoms with Gasteiger partial charge in [0.25, 0.3) is 0 Å². The Morgan fingerprint density at radius 2 is 1.83 bits per heavy atom. The average molecular weight is 398 g/mol. The van der Waals surface area contributed by atoms with Crippen LogP contribution in [0, 0.1) is 5.92 Å². The molecule has 0 aromatic carbocycles. The molecular formula is C24H35N3O2. The molecule has 2 aliphatic carbocycles. The Morgan fingerprint density at radius 1 is 1.03 bits per heavy atom. The minimum absolute atomic E-state index is 0.115. The number of allylic oxidation sites excluding steroid dienone is 7. The molecule has 2 aliphatic heterocycles.